The molecule has 0 aliphatic carbocycles. The molecule has 36 heavy (non-hydrogen) atoms. The Morgan fingerprint density at radius 3 is 2.28 bits per heavy atom. The van der Waals surface area contributed by atoms with Crippen molar-refractivity contribution in [3.63, 3.8) is 0 Å². The molecule has 3 aromatic carbocycles. The number of nitrogens with zero attached hydrogens (tertiary/aromatic N) is 3. The minimum absolute atomic E-state index is 0.0299. The highest BCUT2D eigenvalue weighted by molar-refractivity contribution is 6.31. The Morgan fingerprint density at radius 2 is 1.64 bits per heavy atom. The summed E-state index contributed by atoms with van der Waals surface area (Å²) >= 11 is 6.30. The largest absolute Gasteiger partial charge is 0.330 e. The Hall–Kier alpha value is -2.99. The van der Waals surface area contributed by atoms with Gasteiger partial charge in [0.25, 0.3) is 5.56 Å². The van der Waals surface area contributed by atoms with Gasteiger partial charge in [-0.25, -0.2) is 4.98 Å². The molecule has 4 rings (SSSR count). The van der Waals surface area contributed by atoms with Gasteiger partial charge in [0.15, 0.2) is 0 Å². The first-order valence-electron chi connectivity index (χ1n) is 12.7. The number of rotatable bonds is 11. The first kappa shape index (κ1) is 26.1. The van der Waals surface area contributed by atoms with E-state index in [1.54, 1.807) is 18.2 Å². The lowest BCUT2D eigenvalue weighted by Gasteiger charge is -2.31. The third kappa shape index (κ3) is 6.41. The second-order valence-electron chi connectivity index (χ2n) is 9.72. The van der Waals surface area contributed by atoms with E-state index in [-0.39, 0.29) is 17.4 Å². The monoisotopic (exact) mass is 502 g/mol. The van der Waals surface area contributed by atoms with Crippen LogP contribution in [0.4, 0.5) is 0 Å². The second kappa shape index (κ2) is 12.3. The minimum Gasteiger partial charge on any atom is -0.330 e. The maximum Gasteiger partial charge on any atom is 0.261 e. The second-order valence-corrected chi connectivity index (χ2v) is 10.2. The van der Waals surface area contributed by atoms with Crippen LogP contribution in [0.15, 0.2) is 83.7 Å². The van der Waals surface area contributed by atoms with Crippen LogP contribution in [0.1, 0.15) is 43.1 Å². The highest BCUT2D eigenvalue weighted by atomic mass is 35.5. The third-order valence-corrected chi connectivity index (χ3v) is 6.88. The van der Waals surface area contributed by atoms with E-state index < -0.39 is 0 Å². The van der Waals surface area contributed by atoms with Gasteiger partial charge in [0.2, 0.25) is 0 Å². The fraction of sp³-hybridized carbons (Fsp3) is 0.333. The number of hydrogen-bond acceptors (Lipinski definition) is 4. The van der Waals surface area contributed by atoms with E-state index in [1.165, 1.54) is 5.56 Å². The topological polar surface area (TPSA) is 64.2 Å². The number of benzene rings is 3. The Balaban J connectivity index is 1.79. The zero-order valence-electron chi connectivity index (χ0n) is 21.1. The molecular formula is C30H35ClN4O. The van der Waals surface area contributed by atoms with Crippen LogP contribution >= 0.6 is 11.6 Å². The smallest absolute Gasteiger partial charge is 0.261 e. The van der Waals surface area contributed by atoms with Crippen LogP contribution in [0.3, 0.4) is 0 Å². The molecule has 2 N–H and O–H groups in total. The lowest BCUT2D eigenvalue weighted by atomic mass is 9.93. The van der Waals surface area contributed by atoms with Crippen molar-refractivity contribution in [1.82, 2.24) is 14.5 Å². The van der Waals surface area contributed by atoms with Crippen molar-refractivity contribution in [3.05, 3.63) is 111 Å². The lowest BCUT2D eigenvalue weighted by molar-refractivity contribution is 0.221. The molecule has 0 aliphatic rings. The van der Waals surface area contributed by atoms with Gasteiger partial charge in [-0.1, -0.05) is 86.1 Å². The summed E-state index contributed by atoms with van der Waals surface area (Å²) in [7, 11) is 0. The van der Waals surface area contributed by atoms with E-state index in [1.807, 2.05) is 28.8 Å². The van der Waals surface area contributed by atoms with E-state index in [9.17, 15) is 4.79 Å². The molecule has 188 valence electrons. The molecule has 0 bridgehead atoms. The predicted molar refractivity (Wildman–Crippen MR) is 150 cm³/mol. The molecule has 6 heteroatoms. The van der Waals surface area contributed by atoms with Crippen molar-refractivity contribution in [2.45, 2.75) is 39.3 Å². The number of hydrogen-bond donors (Lipinski definition) is 1. The van der Waals surface area contributed by atoms with Gasteiger partial charge in [-0.2, -0.15) is 0 Å². The average Bonchev–Trinajstić information content (AvgIpc) is 2.88. The third-order valence-electron chi connectivity index (χ3n) is 6.65. The van der Waals surface area contributed by atoms with Crippen molar-refractivity contribution < 1.29 is 0 Å². The maximum absolute atomic E-state index is 13.8. The first-order valence-corrected chi connectivity index (χ1v) is 13.0. The first-order chi connectivity index (χ1) is 17.5. The molecule has 0 saturated carbocycles. The van der Waals surface area contributed by atoms with Crippen LogP contribution in [0.25, 0.3) is 10.9 Å². The fourth-order valence-corrected chi connectivity index (χ4v) is 4.84. The zero-order chi connectivity index (χ0) is 25.5. The number of nitrogens with two attached hydrogens (primary N) is 1. The van der Waals surface area contributed by atoms with E-state index in [0.29, 0.717) is 29.0 Å². The molecule has 1 atom stereocenters. The molecule has 1 unspecified atom stereocenters. The minimum atomic E-state index is -0.0299. The van der Waals surface area contributed by atoms with E-state index in [0.717, 1.165) is 37.4 Å². The van der Waals surface area contributed by atoms with E-state index >= 15 is 0 Å². The van der Waals surface area contributed by atoms with Crippen molar-refractivity contribution in [2.24, 2.45) is 11.7 Å². The summed E-state index contributed by atoms with van der Waals surface area (Å²) in [6.45, 7) is 8.02. The summed E-state index contributed by atoms with van der Waals surface area (Å²) in [5, 5.41) is 1.17. The molecule has 0 fully saturated rings. The standard InChI is InChI=1S/C30H35ClN4O/c1-22(2)27(21-34(17-9-16-32)19-23-10-5-3-6-11-23)29-33-28-18-25(31)14-15-26(28)30(36)35(29)20-24-12-7-4-8-13-24/h3-8,10-15,18,22,27H,9,16-17,19-21,32H2,1-2H3. The molecule has 1 aromatic heterocycles. The van der Waals surface area contributed by atoms with E-state index in [4.69, 9.17) is 22.3 Å². The van der Waals surface area contributed by atoms with Crippen molar-refractivity contribution in [1.29, 1.82) is 0 Å². The van der Waals surface area contributed by atoms with Crippen LogP contribution in [0.5, 0.6) is 0 Å². The summed E-state index contributed by atoms with van der Waals surface area (Å²) < 4.78 is 1.86. The molecule has 1 heterocycles. The van der Waals surface area contributed by atoms with Crippen molar-refractivity contribution in [3.8, 4) is 0 Å². The lowest BCUT2D eigenvalue weighted by Crippen LogP contribution is -2.36. The van der Waals surface area contributed by atoms with Crippen molar-refractivity contribution in [2.75, 3.05) is 19.6 Å². The summed E-state index contributed by atoms with van der Waals surface area (Å²) in [4.78, 5) is 21.3. The molecule has 4 aromatic rings. The average molecular weight is 503 g/mol. The van der Waals surface area contributed by atoms with Gasteiger partial charge in [0.05, 0.1) is 17.4 Å². The number of aromatic nitrogens is 2. The van der Waals surface area contributed by atoms with Gasteiger partial charge in [-0.15, -0.1) is 0 Å². The van der Waals surface area contributed by atoms with Crippen LogP contribution < -0.4 is 11.3 Å². The van der Waals surface area contributed by atoms with Gasteiger partial charge in [-0.05, 0) is 54.8 Å². The highest BCUT2D eigenvalue weighted by Crippen LogP contribution is 2.27. The van der Waals surface area contributed by atoms with Gasteiger partial charge in [0, 0.05) is 24.0 Å². The normalized spacial score (nSPS) is 12.5. The Labute approximate surface area is 218 Å². The summed E-state index contributed by atoms with van der Waals surface area (Å²) in [5.41, 5.74) is 8.83. The van der Waals surface area contributed by atoms with Crippen LogP contribution in [-0.2, 0) is 13.1 Å². The molecule has 5 nitrogen and oxygen atoms in total. The number of halogens is 1. The van der Waals surface area contributed by atoms with E-state index in [2.05, 4.69) is 55.1 Å². The Bertz CT molecular complexity index is 1320. The van der Waals surface area contributed by atoms with Gasteiger partial charge in [-0.3, -0.25) is 14.3 Å². The van der Waals surface area contributed by atoms with Crippen LogP contribution in [0.2, 0.25) is 5.02 Å². The molecule has 0 amide bonds. The van der Waals surface area contributed by atoms with Gasteiger partial charge >= 0.3 is 0 Å². The molecule has 0 saturated heterocycles. The molecule has 0 aliphatic heterocycles. The zero-order valence-corrected chi connectivity index (χ0v) is 21.9. The van der Waals surface area contributed by atoms with Gasteiger partial charge in [0.1, 0.15) is 5.82 Å². The summed E-state index contributed by atoms with van der Waals surface area (Å²) in [6.07, 6.45) is 0.912. The molecule has 0 spiro atoms. The summed E-state index contributed by atoms with van der Waals surface area (Å²) in [5.74, 6) is 1.12. The highest BCUT2D eigenvalue weighted by Gasteiger charge is 2.26. The maximum atomic E-state index is 13.8. The Morgan fingerprint density at radius 1 is 0.972 bits per heavy atom. The van der Waals surface area contributed by atoms with Gasteiger partial charge < -0.3 is 5.73 Å². The van der Waals surface area contributed by atoms with Crippen LogP contribution in [0, 0.1) is 5.92 Å². The quantitative estimate of drug-likeness (QED) is 0.286. The van der Waals surface area contributed by atoms with Crippen molar-refractivity contribution >= 4 is 22.5 Å². The summed E-state index contributed by atoms with van der Waals surface area (Å²) in [6, 6.07) is 25.9. The number of fused-ring (bicyclic) bond motifs is 1. The molecular weight excluding hydrogens is 468 g/mol. The molecule has 0 radical (unpaired) electrons. The Kier molecular flexibility index (Phi) is 8.92. The van der Waals surface area contributed by atoms with Crippen LogP contribution in [-0.4, -0.2) is 34.1 Å². The fourth-order valence-electron chi connectivity index (χ4n) is 4.67. The SMILES string of the molecule is CC(C)C(CN(CCCN)Cc1ccccc1)c1nc2cc(Cl)ccc2c(=O)n1Cc1ccccc1. The predicted octanol–water partition coefficient (Wildman–Crippen LogP) is 5.69.